The highest BCUT2D eigenvalue weighted by Gasteiger charge is 2.38. The maximum absolute atomic E-state index is 13.3. The number of pyridine rings is 2. The van der Waals surface area contributed by atoms with Crippen molar-refractivity contribution in [3.8, 4) is 0 Å². The number of ketones is 2. The Kier molecular flexibility index (Phi) is 9.62. The maximum Gasteiger partial charge on any atom is 0.418 e. The Hall–Kier alpha value is -2.71. The molecule has 0 saturated carbocycles. The molecule has 0 N–H and O–H groups in total. The van der Waals surface area contributed by atoms with Gasteiger partial charge in [0.15, 0.2) is 11.6 Å². The van der Waals surface area contributed by atoms with Gasteiger partial charge in [-0.05, 0) is 18.2 Å². The van der Waals surface area contributed by atoms with Crippen LogP contribution >= 0.6 is 0 Å². The molecule has 0 bridgehead atoms. The highest BCUT2D eigenvalue weighted by atomic mass is 19.4. The van der Waals surface area contributed by atoms with E-state index in [4.69, 9.17) is 0 Å². The molecule has 4 nitrogen and oxygen atoms in total. The van der Waals surface area contributed by atoms with E-state index >= 15 is 0 Å². The molecule has 0 aliphatic heterocycles. The van der Waals surface area contributed by atoms with Gasteiger partial charge in [-0.15, -0.1) is 0 Å². The van der Waals surface area contributed by atoms with E-state index in [2.05, 4.69) is 9.97 Å². The van der Waals surface area contributed by atoms with Crippen molar-refractivity contribution in [1.82, 2.24) is 9.97 Å². The summed E-state index contributed by atoms with van der Waals surface area (Å²) in [5.41, 5.74) is -3.32. The lowest BCUT2D eigenvalue weighted by Gasteiger charge is -2.20. The molecule has 0 unspecified atom stereocenters. The smallest absolute Gasteiger partial charge is 0.294 e. The lowest BCUT2D eigenvalue weighted by Crippen LogP contribution is -2.25. The third kappa shape index (κ3) is 8.29. The van der Waals surface area contributed by atoms with Crippen LogP contribution in [0.5, 0.6) is 0 Å². The number of carbonyl (C=O) groups is 2. The number of alkyl halides is 5. The fourth-order valence-electron chi connectivity index (χ4n) is 2.53. The van der Waals surface area contributed by atoms with Crippen molar-refractivity contribution in [3.63, 3.8) is 0 Å². The van der Waals surface area contributed by atoms with Crippen molar-refractivity contribution in [1.29, 1.82) is 0 Å². The number of halogens is 5. The summed E-state index contributed by atoms with van der Waals surface area (Å²) >= 11 is 0. The van der Waals surface area contributed by atoms with Gasteiger partial charge in [-0.3, -0.25) is 19.6 Å². The van der Waals surface area contributed by atoms with Gasteiger partial charge in [-0.25, -0.2) is 8.78 Å². The second kappa shape index (κ2) is 10.5. The molecular formula is C24H31F5N2O2. The van der Waals surface area contributed by atoms with E-state index < -0.39 is 40.0 Å². The molecule has 2 aromatic heterocycles. The molecular weight excluding hydrogens is 443 g/mol. The van der Waals surface area contributed by atoms with E-state index in [1.807, 2.05) is 0 Å². The quantitative estimate of drug-likeness (QED) is 0.344. The number of nitrogens with zero attached hydrogens (tertiary/aromatic N) is 2. The molecule has 0 spiro atoms. The minimum Gasteiger partial charge on any atom is -0.294 e. The Morgan fingerprint density at radius 2 is 1.27 bits per heavy atom. The van der Waals surface area contributed by atoms with E-state index in [1.165, 1.54) is 30.7 Å². The van der Waals surface area contributed by atoms with Crippen LogP contribution in [0.25, 0.3) is 0 Å². The molecule has 0 aromatic carbocycles. The molecule has 0 amide bonds. The first-order chi connectivity index (χ1) is 14.3. The first-order valence-corrected chi connectivity index (χ1v) is 9.72. The van der Waals surface area contributed by atoms with Crippen LogP contribution in [-0.4, -0.2) is 21.5 Å². The van der Waals surface area contributed by atoms with Gasteiger partial charge in [0.25, 0.3) is 5.92 Å². The van der Waals surface area contributed by atoms with Crippen molar-refractivity contribution in [2.75, 3.05) is 0 Å². The first-order valence-electron chi connectivity index (χ1n) is 9.72. The largest absolute Gasteiger partial charge is 0.418 e. The summed E-state index contributed by atoms with van der Waals surface area (Å²) in [5.74, 6) is -3.96. The zero-order valence-corrected chi connectivity index (χ0v) is 19.1. The van der Waals surface area contributed by atoms with E-state index in [0.717, 1.165) is 13.0 Å². The highest BCUT2D eigenvalue weighted by molar-refractivity contribution is 6.01. The summed E-state index contributed by atoms with van der Waals surface area (Å²) in [5, 5.41) is 0. The number of Topliss-reactive ketones (excluding diaryl/α,β-unsaturated/α-hetero) is 2. The molecule has 184 valence electrons. The molecule has 0 atom stereocenters. The third-order valence-electron chi connectivity index (χ3n) is 4.23. The Balaban J connectivity index is 0.000000602. The van der Waals surface area contributed by atoms with E-state index in [9.17, 15) is 31.5 Å². The summed E-state index contributed by atoms with van der Waals surface area (Å²) in [6, 6.07) is 3.23. The van der Waals surface area contributed by atoms with Crippen LogP contribution in [0.4, 0.5) is 22.0 Å². The monoisotopic (exact) mass is 474 g/mol. The minimum absolute atomic E-state index is 0. The van der Waals surface area contributed by atoms with Crippen LogP contribution in [0.3, 0.4) is 0 Å². The van der Waals surface area contributed by atoms with Gasteiger partial charge < -0.3 is 0 Å². The average Bonchev–Trinajstić information content (AvgIpc) is 2.64. The van der Waals surface area contributed by atoms with E-state index in [-0.39, 0.29) is 24.3 Å². The number of aromatic nitrogens is 2. The standard InChI is InChI=1S/C12H15F2NO.C11H12F3NO.CH4/c1-11(2,3)10(16)8-7-15-6-5-9(8)12(4,13)14;1-10(2,3)9(16)8-7(11(12,13)14)5-4-6-15-8;/h5-7H,1-4H3;4-6H,1-3H3;1H4. The van der Waals surface area contributed by atoms with Crippen LogP contribution in [0, 0.1) is 10.8 Å². The number of hydrogen-bond donors (Lipinski definition) is 0. The van der Waals surface area contributed by atoms with E-state index in [0.29, 0.717) is 0 Å². The third-order valence-corrected chi connectivity index (χ3v) is 4.23. The molecule has 0 radical (unpaired) electrons. The Labute approximate surface area is 191 Å². The van der Waals surface area contributed by atoms with Crippen LogP contribution in [0.1, 0.15) is 87.9 Å². The summed E-state index contributed by atoms with van der Waals surface area (Å²) in [4.78, 5) is 31.0. The number of carbonyl (C=O) groups excluding carboxylic acids is 2. The molecule has 2 heterocycles. The Bertz CT molecular complexity index is 887. The number of hydrogen-bond acceptors (Lipinski definition) is 4. The molecule has 0 fully saturated rings. The molecule has 2 rings (SSSR count). The lowest BCUT2D eigenvalue weighted by atomic mass is 9.84. The fourth-order valence-corrected chi connectivity index (χ4v) is 2.53. The maximum atomic E-state index is 13.3. The Morgan fingerprint density at radius 3 is 1.70 bits per heavy atom. The topological polar surface area (TPSA) is 59.9 Å². The first kappa shape index (κ1) is 30.3. The SMILES string of the molecule is C.CC(C)(C)C(=O)c1cnccc1C(C)(F)F.CC(C)(C)C(=O)c1ncccc1C(F)(F)F. The second-order valence-corrected chi connectivity index (χ2v) is 9.37. The zero-order valence-electron chi connectivity index (χ0n) is 19.1. The molecule has 0 aliphatic rings. The summed E-state index contributed by atoms with van der Waals surface area (Å²) in [6.45, 7) is 10.5. The van der Waals surface area contributed by atoms with Crippen molar-refractivity contribution in [3.05, 3.63) is 59.2 Å². The predicted molar refractivity (Wildman–Crippen MR) is 117 cm³/mol. The predicted octanol–water partition coefficient (Wildman–Crippen LogP) is 7.39. The van der Waals surface area contributed by atoms with Crippen LogP contribution < -0.4 is 0 Å². The van der Waals surface area contributed by atoms with Gasteiger partial charge in [0, 0.05) is 47.5 Å². The van der Waals surface area contributed by atoms with Crippen molar-refractivity contribution < 1.29 is 31.5 Å². The van der Waals surface area contributed by atoms with Gasteiger partial charge in [-0.2, -0.15) is 13.2 Å². The van der Waals surface area contributed by atoms with Crippen molar-refractivity contribution in [2.45, 2.75) is 68.0 Å². The summed E-state index contributed by atoms with van der Waals surface area (Å²) in [7, 11) is 0. The fraction of sp³-hybridized carbons (Fsp3) is 0.500. The molecule has 2 aromatic rings. The molecule has 0 saturated heterocycles. The summed E-state index contributed by atoms with van der Waals surface area (Å²) < 4.78 is 64.4. The van der Waals surface area contributed by atoms with Crippen LogP contribution in [0.2, 0.25) is 0 Å². The molecule has 33 heavy (non-hydrogen) atoms. The van der Waals surface area contributed by atoms with E-state index in [1.54, 1.807) is 41.5 Å². The highest BCUT2D eigenvalue weighted by Crippen LogP contribution is 2.34. The van der Waals surface area contributed by atoms with Gasteiger partial charge in [0.1, 0.15) is 5.69 Å². The molecule has 0 aliphatic carbocycles. The average molecular weight is 475 g/mol. The van der Waals surface area contributed by atoms with Gasteiger partial charge in [-0.1, -0.05) is 49.0 Å². The zero-order chi connectivity index (χ0) is 25.1. The van der Waals surface area contributed by atoms with Crippen molar-refractivity contribution in [2.24, 2.45) is 10.8 Å². The number of rotatable bonds is 3. The van der Waals surface area contributed by atoms with Gasteiger partial charge in [0.2, 0.25) is 0 Å². The minimum atomic E-state index is -4.55. The lowest BCUT2D eigenvalue weighted by molar-refractivity contribution is -0.138. The van der Waals surface area contributed by atoms with Gasteiger partial charge >= 0.3 is 6.18 Å². The second-order valence-electron chi connectivity index (χ2n) is 9.37. The molecule has 9 heteroatoms. The van der Waals surface area contributed by atoms with Crippen LogP contribution in [0.15, 0.2) is 36.8 Å². The van der Waals surface area contributed by atoms with Gasteiger partial charge in [0.05, 0.1) is 5.56 Å². The normalized spacial score (nSPS) is 12.2. The van der Waals surface area contributed by atoms with Crippen LogP contribution in [-0.2, 0) is 12.1 Å². The summed E-state index contributed by atoms with van der Waals surface area (Å²) in [6.07, 6.45) is -0.884. The van der Waals surface area contributed by atoms with Crippen molar-refractivity contribution >= 4 is 11.6 Å². The Morgan fingerprint density at radius 1 is 0.758 bits per heavy atom.